The molecule has 9 heteroatoms. The van der Waals surface area contributed by atoms with Gasteiger partial charge in [0, 0.05) is 11.3 Å². The van der Waals surface area contributed by atoms with Crippen LogP contribution in [0.1, 0.15) is 33.4 Å². The Morgan fingerprint density at radius 3 is 1.90 bits per heavy atom. The fraction of sp³-hybridized carbons (Fsp3) is 0.400. The second-order valence-corrected chi connectivity index (χ2v) is 7.68. The number of pyridine rings is 1. The summed E-state index contributed by atoms with van der Waals surface area (Å²) in [6, 6.07) is 14.3. The summed E-state index contributed by atoms with van der Waals surface area (Å²) in [6.45, 7) is 10.3. The number of nitrogens with zero attached hydrogens (tertiary/aromatic N) is 1. The van der Waals surface area contributed by atoms with Crippen molar-refractivity contribution in [2.45, 2.75) is 52.0 Å². The molecule has 156 valence electrons. The minimum Gasteiger partial charge on any atom is -0.475 e. The Balaban J connectivity index is 0.000000370. The number of benzene rings is 1. The second-order valence-electron chi connectivity index (χ2n) is 7.68. The Bertz CT molecular complexity index is 851. The zero-order chi connectivity index (χ0) is 22.0. The van der Waals surface area contributed by atoms with Crippen molar-refractivity contribution in [3.63, 3.8) is 0 Å². The van der Waals surface area contributed by atoms with Gasteiger partial charge in [-0.15, -0.1) is 0 Å². The summed E-state index contributed by atoms with van der Waals surface area (Å²) in [4.78, 5) is 13.5. The van der Waals surface area contributed by atoms with Gasteiger partial charge in [0.1, 0.15) is 0 Å². The molecule has 1 fully saturated rings. The lowest BCUT2D eigenvalue weighted by atomic mass is 9.79. The average Bonchev–Trinajstić information content (AvgIpc) is 2.82. The van der Waals surface area contributed by atoms with Gasteiger partial charge in [-0.1, -0.05) is 30.3 Å². The summed E-state index contributed by atoms with van der Waals surface area (Å²) in [7, 11) is -0.315. The topological polar surface area (TPSA) is 68.7 Å². The third-order valence-corrected chi connectivity index (χ3v) is 4.86. The highest BCUT2D eigenvalue weighted by Gasteiger charge is 2.51. The summed E-state index contributed by atoms with van der Waals surface area (Å²) in [6.07, 6.45) is -5.08. The maximum atomic E-state index is 10.6. The van der Waals surface area contributed by atoms with E-state index in [0.717, 1.165) is 22.4 Å². The van der Waals surface area contributed by atoms with Crippen molar-refractivity contribution in [3.8, 4) is 11.3 Å². The number of carbonyl (C=O) groups is 1. The average molecular weight is 409 g/mol. The lowest BCUT2D eigenvalue weighted by Gasteiger charge is -2.32. The van der Waals surface area contributed by atoms with Crippen LogP contribution < -0.4 is 5.46 Å². The molecule has 0 aliphatic carbocycles. The third kappa shape index (κ3) is 5.58. The standard InChI is InChI=1S/C18H22BNO2.C2HF3O2/c1-13-7-6-8-16(20-13)14-9-11-15(12-10-14)19-21-17(2,3)18(4,5)22-19;3-2(4,5)1(6)7/h6-12H,1-5H3;(H,6,7). The zero-order valence-corrected chi connectivity index (χ0v) is 16.9. The molecule has 1 aromatic carbocycles. The maximum Gasteiger partial charge on any atom is 0.494 e. The van der Waals surface area contributed by atoms with Crippen LogP contribution in [0.2, 0.25) is 0 Å². The normalized spacial score (nSPS) is 17.4. The van der Waals surface area contributed by atoms with Crippen LogP contribution in [-0.4, -0.2) is 40.6 Å². The van der Waals surface area contributed by atoms with Gasteiger partial charge in [0.25, 0.3) is 0 Å². The van der Waals surface area contributed by atoms with Crippen LogP contribution in [0.3, 0.4) is 0 Å². The fourth-order valence-electron chi connectivity index (χ4n) is 2.49. The third-order valence-electron chi connectivity index (χ3n) is 4.86. The first-order valence-corrected chi connectivity index (χ1v) is 8.93. The van der Waals surface area contributed by atoms with E-state index in [4.69, 9.17) is 19.2 Å². The van der Waals surface area contributed by atoms with Crippen LogP contribution >= 0.6 is 0 Å². The number of carboxylic acids is 1. The molecule has 1 aliphatic rings. The molecule has 1 N–H and O–H groups in total. The molecular formula is C20H23BF3NO4. The predicted molar refractivity (Wildman–Crippen MR) is 104 cm³/mol. The number of hydrogen-bond acceptors (Lipinski definition) is 4. The van der Waals surface area contributed by atoms with Gasteiger partial charge in [-0.2, -0.15) is 13.2 Å². The van der Waals surface area contributed by atoms with Gasteiger partial charge < -0.3 is 14.4 Å². The minimum atomic E-state index is -5.08. The van der Waals surface area contributed by atoms with E-state index < -0.39 is 12.1 Å². The molecule has 0 atom stereocenters. The van der Waals surface area contributed by atoms with Gasteiger partial charge in [-0.05, 0) is 52.2 Å². The fourth-order valence-corrected chi connectivity index (χ4v) is 2.49. The van der Waals surface area contributed by atoms with Gasteiger partial charge >= 0.3 is 19.3 Å². The van der Waals surface area contributed by atoms with E-state index in [9.17, 15) is 13.2 Å². The van der Waals surface area contributed by atoms with Crippen molar-refractivity contribution in [3.05, 3.63) is 48.2 Å². The number of aromatic nitrogens is 1. The van der Waals surface area contributed by atoms with E-state index in [1.807, 2.05) is 25.1 Å². The van der Waals surface area contributed by atoms with Crippen molar-refractivity contribution >= 4 is 18.6 Å². The maximum absolute atomic E-state index is 10.6. The van der Waals surface area contributed by atoms with E-state index in [0.29, 0.717) is 0 Å². The second kappa shape index (κ2) is 8.16. The zero-order valence-electron chi connectivity index (χ0n) is 16.9. The van der Waals surface area contributed by atoms with E-state index >= 15 is 0 Å². The van der Waals surface area contributed by atoms with Gasteiger partial charge in [0.05, 0.1) is 16.9 Å². The molecule has 0 radical (unpaired) electrons. The molecule has 0 spiro atoms. The first-order valence-electron chi connectivity index (χ1n) is 8.93. The number of carboxylic acid groups (broad SMARTS) is 1. The first-order chi connectivity index (χ1) is 13.2. The van der Waals surface area contributed by atoms with Gasteiger partial charge in [-0.3, -0.25) is 4.98 Å². The molecule has 5 nitrogen and oxygen atoms in total. The Kier molecular flexibility index (Phi) is 6.44. The van der Waals surface area contributed by atoms with Gasteiger partial charge in [0.2, 0.25) is 0 Å². The van der Waals surface area contributed by atoms with E-state index in [1.165, 1.54) is 0 Å². The van der Waals surface area contributed by atoms with Crippen molar-refractivity contribution < 1.29 is 32.4 Å². The molecule has 1 aliphatic heterocycles. The molecule has 0 bridgehead atoms. The van der Waals surface area contributed by atoms with E-state index in [1.54, 1.807) is 0 Å². The van der Waals surface area contributed by atoms with Crippen LogP contribution in [-0.2, 0) is 14.1 Å². The summed E-state index contributed by atoms with van der Waals surface area (Å²) < 4.78 is 43.9. The van der Waals surface area contributed by atoms with Crippen LogP contribution in [0.4, 0.5) is 13.2 Å². The molecule has 2 heterocycles. The Morgan fingerprint density at radius 2 is 1.48 bits per heavy atom. The minimum absolute atomic E-state index is 0.311. The number of halogens is 3. The van der Waals surface area contributed by atoms with Gasteiger partial charge in [-0.25, -0.2) is 4.79 Å². The molecule has 0 amide bonds. The summed E-state index contributed by atoms with van der Waals surface area (Å²) >= 11 is 0. The van der Waals surface area contributed by atoms with E-state index in [2.05, 4.69) is 56.9 Å². The predicted octanol–water partition coefficient (Wildman–Crippen LogP) is 3.99. The number of alkyl halides is 3. The number of aryl methyl sites for hydroxylation is 1. The molecule has 0 unspecified atom stereocenters. The van der Waals surface area contributed by atoms with Crippen LogP contribution in [0.5, 0.6) is 0 Å². The van der Waals surface area contributed by atoms with Crippen LogP contribution in [0.25, 0.3) is 11.3 Å². The highest BCUT2D eigenvalue weighted by molar-refractivity contribution is 6.62. The van der Waals surface area contributed by atoms with Crippen molar-refractivity contribution in [1.82, 2.24) is 4.98 Å². The largest absolute Gasteiger partial charge is 0.494 e. The van der Waals surface area contributed by atoms with Gasteiger partial charge in [0.15, 0.2) is 0 Å². The molecular weight excluding hydrogens is 386 g/mol. The number of rotatable bonds is 2. The number of hydrogen-bond donors (Lipinski definition) is 1. The molecule has 1 aromatic heterocycles. The first kappa shape index (κ1) is 22.9. The smallest absolute Gasteiger partial charge is 0.475 e. The summed E-state index contributed by atoms with van der Waals surface area (Å²) in [5, 5.41) is 7.12. The van der Waals surface area contributed by atoms with E-state index in [-0.39, 0.29) is 18.3 Å². The molecule has 2 aromatic rings. The number of aliphatic carboxylic acids is 1. The quantitative estimate of drug-likeness (QED) is 0.760. The highest BCUT2D eigenvalue weighted by atomic mass is 19.4. The Labute approximate surface area is 168 Å². The van der Waals surface area contributed by atoms with Crippen LogP contribution in [0.15, 0.2) is 42.5 Å². The molecule has 0 saturated carbocycles. The van der Waals surface area contributed by atoms with Crippen molar-refractivity contribution in [2.24, 2.45) is 0 Å². The SMILES string of the molecule is Cc1cccc(-c2ccc(B3OC(C)(C)C(C)(C)O3)cc2)n1.O=C(O)C(F)(F)F. The lowest BCUT2D eigenvalue weighted by molar-refractivity contribution is -0.192. The summed E-state index contributed by atoms with van der Waals surface area (Å²) in [5.74, 6) is -2.76. The van der Waals surface area contributed by atoms with Crippen LogP contribution in [0, 0.1) is 6.92 Å². The lowest BCUT2D eigenvalue weighted by Crippen LogP contribution is -2.41. The molecule has 1 saturated heterocycles. The van der Waals surface area contributed by atoms with Crippen molar-refractivity contribution in [2.75, 3.05) is 0 Å². The Morgan fingerprint density at radius 1 is 1.00 bits per heavy atom. The summed E-state index contributed by atoms with van der Waals surface area (Å²) in [5.41, 5.74) is 3.52. The molecule has 29 heavy (non-hydrogen) atoms. The monoisotopic (exact) mass is 409 g/mol. The van der Waals surface area contributed by atoms with Crippen molar-refractivity contribution in [1.29, 1.82) is 0 Å². The molecule has 3 rings (SSSR count). The Hall–Kier alpha value is -2.39. The highest BCUT2D eigenvalue weighted by Crippen LogP contribution is 2.36.